The summed E-state index contributed by atoms with van der Waals surface area (Å²) in [6.45, 7) is 0.199. The maximum Gasteiger partial charge on any atom is 0.236 e. The molecule has 0 bridgehead atoms. The van der Waals surface area contributed by atoms with Gasteiger partial charge in [0, 0.05) is 6.04 Å². The van der Waals surface area contributed by atoms with Gasteiger partial charge in [0.05, 0.1) is 13.1 Å². The highest BCUT2D eigenvalue weighted by Gasteiger charge is 2.25. The van der Waals surface area contributed by atoms with Gasteiger partial charge in [-0.1, -0.05) is 12.8 Å². The van der Waals surface area contributed by atoms with Gasteiger partial charge in [0.15, 0.2) is 0 Å². The summed E-state index contributed by atoms with van der Waals surface area (Å²) in [5.41, 5.74) is 5.26. The van der Waals surface area contributed by atoms with Crippen molar-refractivity contribution in [2.24, 2.45) is 5.73 Å². The van der Waals surface area contributed by atoms with Gasteiger partial charge >= 0.3 is 0 Å². The fraction of sp³-hybridized carbons (Fsp3) is 0.778. The standard InChI is InChI=1S/C9H16N2O2/c10-7-9(13)11(5-6-12)8-3-1-2-4-8/h6,8H,1-5,7,10H2. The predicted molar refractivity (Wildman–Crippen MR) is 49.1 cm³/mol. The lowest BCUT2D eigenvalue weighted by molar-refractivity contribution is -0.133. The van der Waals surface area contributed by atoms with Gasteiger partial charge < -0.3 is 15.4 Å². The van der Waals surface area contributed by atoms with Gasteiger partial charge in [-0.3, -0.25) is 4.79 Å². The van der Waals surface area contributed by atoms with Crippen LogP contribution in [-0.4, -0.2) is 36.2 Å². The van der Waals surface area contributed by atoms with Crippen molar-refractivity contribution in [1.29, 1.82) is 0 Å². The molecule has 1 rings (SSSR count). The van der Waals surface area contributed by atoms with Crippen molar-refractivity contribution in [3.05, 3.63) is 0 Å². The number of rotatable bonds is 4. The van der Waals surface area contributed by atoms with E-state index in [4.69, 9.17) is 5.73 Å². The highest BCUT2D eigenvalue weighted by Crippen LogP contribution is 2.22. The summed E-state index contributed by atoms with van der Waals surface area (Å²) in [6.07, 6.45) is 5.10. The van der Waals surface area contributed by atoms with Crippen LogP contribution in [0.4, 0.5) is 0 Å². The van der Waals surface area contributed by atoms with Crippen LogP contribution in [0.25, 0.3) is 0 Å². The van der Waals surface area contributed by atoms with Crippen LogP contribution >= 0.6 is 0 Å². The SMILES string of the molecule is NCC(=O)N(CC=O)C1CCCC1. The van der Waals surface area contributed by atoms with E-state index in [1.807, 2.05) is 0 Å². The third kappa shape index (κ3) is 2.52. The van der Waals surface area contributed by atoms with Crippen molar-refractivity contribution in [2.75, 3.05) is 13.1 Å². The Labute approximate surface area is 78.1 Å². The molecule has 0 heterocycles. The minimum absolute atomic E-state index is 0.00431. The van der Waals surface area contributed by atoms with Crippen LogP contribution < -0.4 is 5.73 Å². The lowest BCUT2D eigenvalue weighted by Crippen LogP contribution is -2.43. The molecule has 1 fully saturated rings. The van der Waals surface area contributed by atoms with Gasteiger partial charge in [-0.15, -0.1) is 0 Å². The fourth-order valence-corrected chi connectivity index (χ4v) is 1.87. The van der Waals surface area contributed by atoms with E-state index in [0.29, 0.717) is 0 Å². The number of nitrogens with zero attached hydrogens (tertiary/aromatic N) is 1. The molecule has 4 heteroatoms. The number of amides is 1. The average Bonchev–Trinajstić information content (AvgIpc) is 2.65. The summed E-state index contributed by atoms with van der Waals surface area (Å²) in [5, 5.41) is 0. The van der Waals surface area contributed by atoms with Gasteiger partial charge in [-0.05, 0) is 12.8 Å². The van der Waals surface area contributed by atoms with Gasteiger partial charge in [0.25, 0.3) is 0 Å². The molecule has 0 spiro atoms. The summed E-state index contributed by atoms with van der Waals surface area (Å²) in [6, 6.07) is 0.251. The molecule has 0 radical (unpaired) electrons. The summed E-state index contributed by atoms with van der Waals surface area (Å²) in [4.78, 5) is 23.3. The van der Waals surface area contributed by atoms with Crippen LogP contribution in [0.15, 0.2) is 0 Å². The minimum atomic E-state index is -0.112. The molecule has 1 aliphatic carbocycles. The molecule has 0 unspecified atom stereocenters. The Morgan fingerprint density at radius 2 is 2.08 bits per heavy atom. The second-order valence-electron chi connectivity index (χ2n) is 3.36. The monoisotopic (exact) mass is 184 g/mol. The number of hydrogen-bond donors (Lipinski definition) is 1. The summed E-state index contributed by atoms with van der Waals surface area (Å²) in [7, 11) is 0. The van der Waals surface area contributed by atoms with E-state index in [1.54, 1.807) is 4.90 Å². The van der Waals surface area contributed by atoms with Gasteiger partial charge in [-0.25, -0.2) is 0 Å². The molecule has 4 nitrogen and oxygen atoms in total. The molecule has 13 heavy (non-hydrogen) atoms. The van der Waals surface area contributed by atoms with Crippen LogP contribution in [-0.2, 0) is 9.59 Å². The van der Waals surface area contributed by atoms with Crippen LogP contribution in [0.5, 0.6) is 0 Å². The van der Waals surface area contributed by atoms with Crippen LogP contribution in [0.2, 0.25) is 0 Å². The number of aldehydes is 1. The van der Waals surface area contributed by atoms with E-state index in [9.17, 15) is 9.59 Å². The Bertz CT molecular complexity index is 188. The van der Waals surface area contributed by atoms with Gasteiger partial charge in [0.1, 0.15) is 6.29 Å². The molecule has 0 saturated heterocycles. The lowest BCUT2D eigenvalue weighted by atomic mass is 10.2. The zero-order chi connectivity index (χ0) is 9.68. The molecule has 1 aliphatic rings. The molecule has 0 aromatic carbocycles. The quantitative estimate of drug-likeness (QED) is 0.621. The van der Waals surface area contributed by atoms with Crippen molar-refractivity contribution >= 4 is 12.2 Å². The van der Waals surface area contributed by atoms with E-state index >= 15 is 0 Å². The summed E-state index contributed by atoms with van der Waals surface area (Å²) < 4.78 is 0. The summed E-state index contributed by atoms with van der Waals surface area (Å²) >= 11 is 0. The predicted octanol–water partition coefficient (Wildman–Crippen LogP) is -0.0848. The third-order valence-corrected chi connectivity index (χ3v) is 2.53. The highest BCUT2D eigenvalue weighted by atomic mass is 16.2. The molecule has 0 aromatic heterocycles. The van der Waals surface area contributed by atoms with Gasteiger partial charge in [0.2, 0.25) is 5.91 Å². The highest BCUT2D eigenvalue weighted by molar-refractivity contribution is 5.80. The van der Waals surface area contributed by atoms with Crippen LogP contribution in [0, 0.1) is 0 Å². The Morgan fingerprint density at radius 3 is 2.54 bits per heavy atom. The maximum absolute atomic E-state index is 11.3. The molecule has 1 amide bonds. The average molecular weight is 184 g/mol. The van der Waals surface area contributed by atoms with Crippen molar-refractivity contribution < 1.29 is 9.59 Å². The first-order chi connectivity index (χ1) is 6.29. The first-order valence-corrected chi connectivity index (χ1v) is 4.72. The topological polar surface area (TPSA) is 63.4 Å². The van der Waals surface area contributed by atoms with Crippen LogP contribution in [0.3, 0.4) is 0 Å². The van der Waals surface area contributed by atoms with E-state index in [0.717, 1.165) is 32.0 Å². The van der Waals surface area contributed by atoms with Crippen molar-refractivity contribution in [1.82, 2.24) is 4.90 Å². The number of hydrogen-bond acceptors (Lipinski definition) is 3. The molecular formula is C9H16N2O2. The van der Waals surface area contributed by atoms with Crippen molar-refractivity contribution in [2.45, 2.75) is 31.7 Å². The second-order valence-corrected chi connectivity index (χ2v) is 3.36. The maximum atomic E-state index is 11.3. The number of carbonyl (C=O) groups is 2. The molecule has 0 atom stereocenters. The summed E-state index contributed by atoms with van der Waals surface area (Å²) in [5.74, 6) is -0.112. The first kappa shape index (κ1) is 10.2. The van der Waals surface area contributed by atoms with Crippen LogP contribution in [0.1, 0.15) is 25.7 Å². The molecule has 74 valence electrons. The van der Waals surface area contributed by atoms with Crippen molar-refractivity contribution in [3.63, 3.8) is 0 Å². The Hall–Kier alpha value is -0.900. The largest absolute Gasteiger partial charge is 0.332 e. The Morgan fingerprint density at radius 1 is 1.46 bits per heavy atom. The van der Waals surface area contributed by atoms with Crippen molar-refractivity contribution in [3.8, 4) is 0 Å². The minimum Gasteiger partial charge on any atom is -0.332 e. The smallest absolute Gasteiger partial charge is 0.236 e. The lowest BCUT2D eigenvalue weighted by Gasteiger charge is -2.26. The molecular weight excluding hydrogens is 168 g/mol. The second kappa shape index (κ2) is 4.97. The normalized spacial score (nSPS) is 17.3. The Kier molecular flexibility index (Phi) is 3.89. The zero-order valence-electron chi connectivity index (χ0n) is 7.74. The number of carbonyl (C=O) groups excluding carboxylic acids is 2. The van der Waals surface area contributed by atoms with E-state index in [1.165, 1.54) is 0 Å². The first-order valence-electron chi connectivity index (χ1n) is 4.72. The van der Waals surface area contributed by atoms with Gasteiger partial charge in [-0.2, -0.15) is 0 Å². The zero-order valence-corrected chi connectivity index (χ0v) is 7.74. The van der Waals surface area contributed by atoms with E-state index in [-0.39, 0.29) is 25.0 Å². The third-order valence-electron chi connectivity index (χ3n) is 2.53. The Balaban J connectivity index is 2.54. The number of nitrogens with two attached hydrogens (primary N) is 1. The fourth-order valence-electron chi connectivity index (χ4n) is 1.87. The molecule has 2 N–H and O–H groups in total. The van der Waals surface area contributed by atoms with E-state index in [2.05, 4.69) is 0 Å². The molecule has 0 aliphatic heterocycles. The molecule has 0 aromatic rings. The van der Waals surface area contributed by atoms with E-state index < -0.39 is 0 Å². The molecule has 1 saturated carbocycles.